The Morgan fingerprint density at radius 1 is 1.19 bits per heavy atom. The number of hydrogen-bond donors (Lipinski definition) is 2. The predicted molar refractivity (Wildman–Crippen MR) is 84.1 cm³/mol. The van der Waals surface area contributed by atoms with Gasteiger partial charge in [-0.05, 0) is 36.2 Å². The molecular formula is C14H16ClN3O2S. The van der Waals surface area contributed by atoms with Crippen LogP contribution >= 0.6 is 11.6 Å². The van der Waals surface area contributed by atoms with Crippen LogP contribution in [0.5, 0.6) is 0 Å². The number of rotatable bonds is 6. The summed E-state index contributed by atoms with van der Waals surface area (Å²) in [7, 11) is -1.97. The van der Waals surface area contributed by atoms with Gasteiger partial charge in [0.25, 0.3) is 10.0 Å². The van der Waals surface area contributed by atoms with E-state index in [-0.39, 0.29) is 5.03 Å². The van der Waals surface area contributed by atoms with Gasteiger partial charge >= 0.3 is 0 Å². The lowest BCUT2D eigenvalue weighted by Crippen LogP contribution is -2.27. The minimum Gasteiger partial charge on any atom is -0.386 e. The third-order valence-electron chi connectivity index (χ3n) is 2.91. The molecule has 0 atom stereocenters. The van der Waals surface area contributed by atoms with Crippen LogP contribution in [0.1, 0.15) is 5.56 Å². The molecule has 5 nitrogen and oxygen atoms in total. The fourth-order valence-corrected chi connectivity index (χ4v) is 3.14. The summed E-state index contributed by atoms with van der Waals surface area (Å²) in [4.78, 5) is 3.93. The highest BCUT2D eigenvalue weighted by Gasteiger charge is 2.18. The van der Waals surface area contributed by atoms with E-state index in [1.807, 2.05) is 12.1 Å². The molecular weight excluding hydrogens is 310 g/mol. The quantitative estimate of drug-likeness (QED) is 0.855. The summed E-state index contributed by atoms with van der Waals surface area (Å²) in [6.45, 7) is 0.295. The van der Waals surface area contributed by atoms with Crippen LogP contribution in [0.15, 0.2) is 47.6 Å². The van der Waals surface area contributed by atoms with E-state index in [2.05, 4.69) is 15.0 Å². The largest absolute Gasteiger partial charge is 0.386 e. The maximum absolute atomic E-state index is 12.2. The van der Waals surface area contributed by atoms with Gasteiger partial charge < -0.3 is 5.32 Å². The molecule has 0 saturated heterocycles. The lowest BCUT2D eigenvalue weighted by molar-refractivity contribution is 0.578. The lowest BCUT2D eigenvalue weighted by atomic mass is 10.2. The molecule has 2 aromatic rings. The number of hydrogen-bond acceptors (Lipinski definition) is 4. The molecule has 7 heteroatoms. The minimum absolute atomic E-state index is 0.00334. The standard InChI is InChI=1S/C14H16ClN3O2S/c1-16-13-3-2-9-17-14(13)21(19,20)18-10-8-11-4-6-12(15)7-5-11/h2-7,9,16,18H,8,10H2,1H3. The zero-order valence-electron chi connectivity index (χ0n) is 11.5. The monoisotopic (exact) mass is 325 g/mol. The first kappa shape index (κ1) is 15.8. The van der Waals surface area contributed by atoms with Crippen molar-refractivity contribution in [2.45, 2.75) is 11.4 Å². The number of pyridine rings is 1. The van der Waals surface area contributed by atoms with E-state index in [1.54, 1.807) is 31.3 Å². The summed E-state index contributed by atoms with van der Waals surface area (Å²) in [5, 5.41) is 3.48. The normalized spacial score (nSPS) is 11.3. The molecule has 1 heterocycles. The van der Waals surface area contributed by atoms with Crippen LogP contribution in [0.4, 0.5) is 5.69 Å². The zero-order chi connectivity index (χ0) is 15.3. The van der Waals surface area contributed by atoms with Crippen molar-refractivity contribution >= 4 is 27.3 Å². The van der Waals surface area contributed by atoms with Crippen LogP contribution < -0.4 is 10.0 Å². The summed E-state index contributed by atoms with van der Waals surface area (Å²) in [5.41, 5.74) is 1.48. The van der Waals surface area contributed by atoms with E-state index in [4.69, 9.17) is 11.6 Å². The Labute approximate surface area is 129 Å². The van der Waals surface area contributed by atoms with Crippen LogP contribution in [-0.2, 0) is 16.4 Å². The minimum atomic E-state index is -3.63. The summed E-state index contributed by atoms with van der Waals surface area (Å²) in [6.07, 6.45) is 2.03. The van der Waals surface area contributed by atoms with Gasteiger partial charge in [0.1, 0.15) is 0 Å². The number of benzene rings is 1. The van der Waals surface area contributed by atoms with E-state index in [1.165, 1.54) is 6.20 Å². The van der Waals surface area contributed by atoms with Crippen molar-refractivity contribution in [3.63, 3.8) is 0 Å². The zero-order valence-corrected chi connectivity index (χ0v) is 13.1. The Morgan fingerprint density at radius 3 is 2.57 bits per heavy atom. The molecule has 112 valence electrons. The van der Waals surface area contributed by atoms with Gasteiger partial charge in [0.15, 0.2) is 5.03 Å². The maximum atomic E-state index is 12.2. The van der Waals surface area contributed by atoms with Gasteiger partial charge in [-0.15, -0.1) is 0 Å². The average Bonchev–Trinajstić information content (AvgIpc) is 2.49. The average molecular weight is 326 g/mol. The van der Waals surface area contributed by atoms with Gasteiger partial charge in [0.05, 0.1) is 5.69 Å². The van der Waals surface area contributed by atoms with Crippen molar-refractivity contribution in [1.29, 1.82) is 0 Å². The van der Waals surface area contributed by atoms with E-state index < -0.39 is 10.0 Å². The first-order chi connectivity index (χ1) is 10.0. The van der Waals surface area contributed by atoms with Gasteiger partial charge in [0, 0.05) is 24.8 Å². The number of aromatic nitrogens is 1. The van der Waals surface area contributed by atoms with E-state index >= 15 is 0 Å². The SMILES string of the molecule is CNc1cccnc1S(=O)(=O)NCCc1ccc(Cl)cc1. The van der Waals surface area contributed by atoms with Crippen LogP contribution in [0, 0.1) is 0 Å². The molecule has 0 fully saturated rings. The second-order valence-electron chi connectivity index (χ2n) is 4.38. The van der Waals surface area contributed by atoms with E-state index in [0.717, 1.165) is 5.56 Å². The molecule has 0 amide bonds. The fourth-order valence-electron chi connectivity index (χ4n) is 1.84. The molecule has 0 unspecified atom stereocenters. The van der Waals surface area contributed by atoms with Gasteiger partial charge in [-0.3, -0.25) is 0 Å². The topological polar surface area (TPSA) is 71.1 Å². The molecule has 0 spiro atoms. The number of anilines is 1. The van der Waals surface area contributed by atoms with Crippen molar-refractivity contribution in [2.24, 2.45) is 0 Å². The van der Waals surface area contributed by atoms with Gasteiger partial charge in [-0.1, -0.05) is 23.7 Å². The van der Waals surface area contributed by atoms with Crippen LogP contribution in [-0.4, -0.2) is 27.0 Å². The molecule has 0 radical (unpaired) electrons. The summed E-state index contributed by atoms with van der Waals surface area (Å²) < 4.78 is 27.0. The summed E-state index contributed by atoms with van der Waals surface area (Å²) >= 11 is 5.80. The lowest BCUT2D eigenvalue weighted by Gasteiger charge is -2.10. The van der Waals surface area contributed by atoms with Gasteiger partial charge in [-0.25, -0.2) is 18.1 Å². The van der Waals surface area contributed by atoms with Crippen molar-refractivity contribution in [3.8, 4) is 0 Å². The fraction of sp³-hybridized carbons (Fsp3) is 0.214. The first-order valence-electron chi connectivity index (χ1n) is 6.40. The second kappa shape index (κ2) is 6.89. The molecule has 1 aromatic heterocycles. The van der Waals surface area contributed by atoms with Crippen LogP contribution in [0.2, 0.25) is 5.02 Å². The van der Waals surface area contributed by atoms with Gasteiger partial charge in [-0.2, -0.15) is 0 Å². The molecule has 1 aromatic carbocycles. The molecule has 0 bridgehead atoms. The van der Waals surface area contributed by atoms with Crippen LogP contribution in [0.25, 0.3) is 0 Å². The third kappa shape index (κ3) is 4.17. The highest BCUT2D eigenvalue weighted by atomic mass is 35.5. The highest BCUT2D eigenvalue weighted by Crippen LogP contribution is 2.17. The smallest absolute Gasteiger partial charge is 0.260 e. The Kier molecular flexibility index (Phi) is 5.17. The molecule has 2 N–H and O–H groups in total. The Morgan fingerprint density at radius 2 is 1.90 bits per heavy atom. The molecule has 0 aliphatic rings. The molecule has 2 rings (SSSR count). The van der Waals surface area contributed by atoms with E-state index in [0.29, 0.717) is 23.7 Å². The molecule has 21 heavy (non-hydrogen) atoms. The van der Waals surface area contributed by atoms with Gasteiger partial charge in [0.2, 0.25) is 0 Å². The summed E-state index contributed by atoms with van der Waals surface area (Å²) in [6, 6.07) is 10.7. The van der Waals surface area contributed by atoms with Crippen LogP contribution in [0.3, 0.4) is 0 Å². The molecule has 0 saturated carbocycles. The van der Waals surface area contributed by atoms with E-state index in [9.17, 15) is 8.42 Å². The van der Waals surface area contributed by atoms with Crippen molar-refractivity contribution < 1.29 is 8.42 Å². The van der Waals surface area contributed by atoms with Crippen molar-refractivity contribution in [2.75, 3.05) is 18.9 Å². The van der Waals surface area contributed by atoms with Crippen molar-refractivity contribution in [1.82, 2.24) is 9.71 Å². The molecule has 0 aliphatic carbocycles. The Bertz CT molecular complexity index is 702. The van der Waals surface area contributed by atoms with Crippen molar-refractivity contribution in [3.05, 3.63) is 53.2 Å². The Balaban J connectivity index is 2.03. The Hall–Kier alpha value is -1.63. The maximum Gasteiger partial charge on any atom is 0.260 e. The first-order valence-corrected chi connectivity index (χ1v) is 8.26. The number of nitrogens with zero attached hydrogens (tertiary/aromatic N) is 1. The number of halogens is 1. The number of nitrogens with one attached hydrogen (secondary N) is 2. The second-order valence-corrected chi connectivity index (χ2v) is 6.50. The highest BCUT2D eigenvalue weighted by molar-refractivity contribution is 7.89. The summed E-state index contributed by atoms with van der Waals surface area (Å²) in [5.74, 6) is 0. The molecule has 0 aliphatic heterocycles. The third-order valence-corrected chi connectivity index (χ3v) is 4.58. The predicted octanol–water partition coefficient (Wildman–Crippen LogP) is 2.30. The number of sulfonamides is 1.